The summed E-state index contributed by atoms with van der Waals surface area (Å²) < 4.78 is 5.33. The number of halogens is 1. The highest BCUT2D eigenvalue weighted by Gasteiger charge is 1.95. The van der Waals surface area contributed by atoms with E-state index in [4.69, 9.17) is 16.3 Å². The van der Waals surface area contributed by atoms with Crippen molar-refractivity contribution in [1.82, 2.24) is 4.98 Å². The van der Waals surface area contributed by atoms with Crippen molar-refractivity contribution < 1.29 is 4.74 Å². The number of hydrogen-bond donors (Lipinski definition) is 0. The average Bonchev–Trinajstić information content (AvgIpc) is 2.15. The van der Waals surface area contributed by atoms with Crippen LogP contribution in [0.5, 0.6) is 5.88 Å². The summed E-state index contributed by atoms with van der Waals surface area (Å²) in [4.78, 5) is 4.04. The molecule has 0 N–H and O–H groups in total. The van der Waals surface area contributed by atoms with E-state index < -0.39 is 0 Å². The molecule has 1 heterocycles. The summed E-state index contributed by atoms with van der Waals surface area (Å²) in [6.45, 7) is 2.77. The fourth-order valence-corrected chi connectivity index (χ4v) is 0.985. The molecule has 0 saturated carbocycles. The molecule has 0 amide bonds. The van der Waals surface area contributed by atoms with Gasteiger partial charge in [0, 0.05) is 18.1 Å². The minimum Gasteiger partial charge on any atom is -0.478 e. The Balaban J connectivity index is 2.60. The second-order valence-electron chi connectivity index (χ2n) is 2.48. The van der Waals surface area contributed by atoms with Crippen molar-refractivity contribution in [2.45, 2.75) is 19.2 Å². The lowest BCUT2D eigenvalue weighted by atomic mass is 10.3. The Labute approximate surface area is 77.5 Å². The van der Waals surface area contributed by atoms with Gasteiger partial charge in [-0.05, 0) is 18.1 Å². The van der Waals surface area contributed by atoms with Crippen molar-refractivity contribution in [2.24, 2.45) is 0 Å². The van der Waals surface area contributed by atoms with Crippen LogP contribution < -0.4 is 4.74 Å². The SMILES string of the molecule is CCCOc1cc(CCl)ccn1. The van der Waals surface area contributed by atoms with Gasteiger partial charge in [-0.1, -0.05) is 6.92 Å². The van der Waals surface area contributed by atoms with Crippen molar-refractivity contribution in [2.75, 3.05) is 6.61 Å². The zero-order valence-corrected chi connectivity index (χ0v) is 7.84. The number of alkyl halides is 1. The van der Waals surface area contributed by atoms with Gasteiger partial charge >= 0.3 is 0 Å². The van der Waals surface area contributed by atoms with E-state index in [1.54, 1.807) is 6.20 Å². The molecule has 0 fully saturated rings. The Kier molecular flexibility index (Phi) is 3.88. The Bertz CT molecular complexity index is 240. The molecule has 3 heteroatoms. The van der Waals surface area contributed by atoms with Crippen molar-refractivity contribution in [3.05, 3.63) is 23.9 Å². The molecule has 0 unspecified atom stereocenters. The quantitative estimate of drug-likeness (QED) is 0.673. The van der Waals surface area contributed by atoms with E-state index in [0.717, 1.165) is 12.0 Å². The summed E-state index contributed by atoms with van der Waals surface area (Å²) >= 11 is 5.65. The lowest BCUT2D eigenvalue weighted by Gasteiger charge is -2.03. The summed E-state index contributed by atoms with van der Waals surface area (Å²) in [5.41, 5.74) is 1.04. The van der Waals surface area contributed by atoms with Crippen LogP contribution in [0, 0.1) is 0 Å². The standard InChI is InChI=1S/C9H12ClNO/c1-2-5-12-9-6-8(7-10)3-4-11-9/h3-4,6H,2,5,7H2,1H3. The van der Waals surface area contributed by atoms with Crippen LogP contribution in [-0.2, 0) is 5.88 Å². The van der Waals surface area contributed by atoms with Crippen LogP contribution in [0.25, 0.3) is 0 Å². The Morgan fingerprint density at radius 3 is 3.08 bits per heavy atom. The third-order valence-corrected chi connectivity index (χ3v) is 1.72. The molecule has 0 radical (unpaired) electrons. The molecule has 0 atom stereocenters. The van der Waals surface area contributed by atoms with Crippen molar-refractivity contribution >= 4 is 11.6 Å². The molecule has 1 aromatic rings. The Hall–Kier alpha value is -0.760. The van der Waals surface area contributed by atoms with Crippen LogP contribution in [0.3, 0.4) is 0 Å². The minimum absolute atomic E-state index is 0.505. The van der Waals surface area contributed by atoms with Crippen molar-refractivity contribution in [1.29, 1.82) is 0 Å². The van der Waals surface area contributed by atoms with Crippen molar-refractivity contribution in [3.8, 4) is 5.88 Å². The van der Waals surface area contributed by atoms with Crippen LogP contribution in [0.2, 0.25) is 0 Å². The largest absolute Gasteiger partial charge is 0.478 e. The first-order chi connectivity index (χ1) is 5.86. The van der Waals surface area contributed by atoms with Crippen molar-refractivity contribution in [3.63, 3.8) is 0 Å². The van der Waals surface area contributed by atoms with Crippen LogP contribution in [0.4, 0.5) is 0 Å². The van der Waals surface area contributed by atoms with E-state index in [-0.39, 0.29) is 0 Å². The van der Waals surface area contributed by atoms with Gasteiger partial charge in [-0.3, -0.25) is 0 Å². The number of hydrogen-bond acceptors (Lipinski definition) is 2. The van der Waals surface area contributed by atoms with Gasteiger partial charge in [-0.25, -0.2) is 4.98 Å². The first kappa shape index (κ1) is 9.33. The maximum atomic E-state index is 5.65. The number of aromatic nitrogens is 1. The summed E-state index contributed by atoms with van der Waals surface area (Å²) in [6, 6.07) is 3.74. The minimum atomic E-state index is 0.505. The molecule has 66 valence electrons. The molecule has 2 nitrogen and oxygen atoms in total. The molecule has 1 aromatic heterocycles. The maximum Gasteiger partial charge on any atom is 0.213 e. The van der Waals surface area contributed by atoms with Crippen LogP contribution in [0.1, 0.15) is 18.9 Å². The van der Waals surface area contributed by atoms with Crippen LogP contribution in [-0.4, -0.2) is 11.6 Å². The van der Waals surface area contributed by atoms with E-state index in [0.29, 0.717) is 18.4 Å². The fraction of sp³-hybridized carbons (Fsp3) is 0.444. The lowest BCUT2D eigenvalue weighted by Crippen LogP contribution is -1.97. The monoisotopic (exact) mass is 185 g/mol. The molecule has 1 rings (SSSR count). The average molecular weight is 186 g/mol. The van der Waals surface area contributed by atoms with Gasteiger partial charge in [-0.2, -0.15) is 0 Å². The molecule has 0 saturated heterocycles. The third kappa shape index (κ3) is 2.70. The molecule has 0 aliphatic rings. The topological polar surface area (TPSA) is 22.1 Å². The number of pyridine rings is 1. The molecule has 0 aliphatic heterocycles. The van der Waals surface area contributed by atoms with Gasteiger partial charge in [-0.15, -0.1) is 11.6 Å². The summed E-state index contributed by atoms with van der Waals surface area (Å²) in [6.07, 6.45) is 2.70. The smallest absolute Gasteiger partial charge is 0.213 e. The Morgan fingerprint density at radius 1 is 1.58 bits per heavy atom. The molecular weight excluding hydrogens is 174 g/mol. The van der Waals surface area contributed by atoms with E-state index in [1.165, 1.54) is 0 Å². The van der Waals surface area contributed by atoms with Gasteiger partial charge < -0.3 is 4.74 Å². The highest BCUT2D eigenvalue weighted by atomic mass is 35.5. The van der Waals surface area contributed by atoms with Gasteiger partial charge in [0.15, 0.2) is 0 Å². The highest BCUT2D eigenvalue weighted by molar-refractivity contribution is 6.17. The van der Waals surface area contributed by atoms with Gasteiger partial charge in [0.2, 0.25) is 5.88 Å². The zero-order valence-electron chi connectivity index (χ0n) is 7.09. The van der Waals surface area contributed by atoms with Gasteiger partial charge in [0.05, 0.1) is 6.61 Å². The number of nitrogens with zero attached hydrogens (tertiary/aromatic N) is 1. The van der Waals surface area contributed by atoms with E-state index in [9.17, 15) is 0 Å². The predicted molar refractivity (Wildman–Crippen MR) is 49.6 cm³/mol. The van der Waals surface area contributed by atoms with E-state index in [1.807, 2.05) is 12.1 Å². The number of ether oxygens (including phenoxy) is 1. The van der Waals surface area contributed by atoms with Gasteiger partial charge in [0.25, 0.3) is 0 Å². The number of rotatable bonds is 4. The predicted octanol–water partition coefficient (Wildman–Crippen LogP) is 2.61. The normalized spacial score (nSPS) is 9.83. The maximum absolute atomic E-state index is 5.65. The molecule has 0 aromatic carbocycles. The first-order valence-electron chi connectivity index (χ1n) is 4.00. The van der Waals surface area contributed by atoms with Crippen LogP contribution in [0.15, 0.2) is 18.3 Å². The molecule has 0 aliphatic carbocycles. The molecular formula is C9H12ClNO. The summed E-state index contributed by atoms with van der Waals surface area (Å²) in [7, 11) is 0. The van der Waals surface area contributed by atoms with E-state index in [2.05, 4.69) is 11.9 Å². The molecule has 0 spiro atoms. The first-order valence-corrected chi connectivity index (χ1v) is 4.54. The van der Waals surface area contributed by atoms with Gasteiger partial charge in [0.1, 0.15) is 0 Å². The second kappa shape index (κ2) is 4.99. The second-order valence-corrected chi connectivity index (χ2v) is 2.75. The van der Waals surface area contributed by atoms with Crippen LogP contribution >= 0.6 is 11.6 Å². The van der Waals surface area contributed by atoms with E-state index >= 15 is 0 Å². The molecule has 12 heavy (non-hydrogen) atoms. The molecule has 0 bridgehead atoms. The lowest BCUT2D eigenvalue weighted by molar-refractivity contribution is 0.305. The zero-order chi connectivity index (χ0) is 8.81. The Morgan fingerprint density at radius 2 is 2.42 bits per heavy atom. The summed E-state index contributed by atoms with van der Waals surface area (Å²) in [5.74, 6) is 1.17. The summed E-state index contributed by atoms with van der Waals surface area (Å²) in [5, 5.41) is 0. The fourth-order valence-electron chi connectivity index (χ4n) is 0.819. The highest BCUT2D eigenvalue weighted by Crippen LogP contribution is 2.10. The third-order valence-electron chi connectivity index (χ3n) is 1.41.